The van der Waals surface area contributed by atoms with Gasteiger partial charge in [-0.1, -0.05) is 59.7 Å². The Hall–Kier alpha value is -2.01. The molecule has 0 saturated heterocycles. The average Bonchev–Trinajstić information content (AvgIpc) is 3.27. The van der Waals surface area contributed by atoms with Crippen molar-refractivity contribution in [3.8, 4) is 12.5 Å². The minimum Gasteiger partial charge on any atom is -1.00 e. The van der Waals surface area contributed by atoms with E-state index in [1.165, 1.54) is 42.6 Å². The second kappa shape index (κ2) is 10.2. The van der Waals surface area contributed by atoms with Gasteiger partial charge in [0.1, 0.15) is 4.70 Å². The van der Waals surface area contributed by atoms with Gasteiger partial charge in [0.05, 0.1) is 10.7 Å². The van der Waals surface area contributed by atoms with E-state index < -0.39 is 0 Å². The highest BCUT2D eigenvalue weighted by Crippen LogP contribution is 2.48. The summed E-state index contributed by atoms with van der Waals surface area (Å²) < 4.78 is 3.23. The SMILES string of the molecule is C#C[n+]1c(C=C2C=C(C=C3Sc4cc(C)ccc4N3CC)CC(C)(C)C2)sc2cc(C)ccc21.[HH].[HH].[HH].[HH].[HH].[I-]. The largest absolute Gasteiger partial charge is 1.00 e. The van der Waals surface area contributed by atoms with E-state index >= 15 is 0 Å². The van der Waals surface area contributed by atoms with Crippen LogP contribution in [-0.2, 0) is 0 Å². The second-order valence-electron chi connectivity index (χ2n) is 10.1. The standard InChI is InChI=1S/C30H31N2S2.HI.5H2/c1-7-31-24-11-9-20(3)13-26(24)33-28(31)16-22-15-23(19-30(5,6)18-22)17-29-32(8-2)25-12-10-21(4)14-27(25)34-29;;;;;;/h1,9-17H,8,18-19H2,2-6H3;6*1H/q+1;;;;;;/p-1. The Morgan fingerprint density at radius 2 is 1.86 bits per heavy atom. The second-order valence-corrected chi connectivity index (χ2v) is 12.3. The molecule has 1 aliphatic carbocycles. The molecule has 190 valence electrons. The fourth-order valence-electron chi connectivity index (χ4n) is 5.05. The molecule has 0 spiro atoms. The fourth-order valence-corrected chi connectivity index (χ4v) is 7.54. The third-order valence-electron chi connectivity index (χ3n) is 6.48. The van der Waals surface area contributed by atoms with Crippen LogP contribution in [0.4, 0.5) is 5.69 Å². The highest BCUT2D eigenvalue weighted by atomic mass is 127. The van der Waals surface area contributed by atoms with Crippen molar-refractivity contribution in [3.05, 3.63) is 80.9 Å². The van der Waals surface area contributed by atoms with Gasteiger partial charge >= 0.3 is 0 Å². The predicted molar refractivity (Wildman–Crippen MR) is 159 cm³/mol. The Balaban J connectivity index is 0. The van der Waals surface area contributed by atoms with Crippen LogP contribution in [0.1, 0.15) is 56.9 Å². The fraction of sp³-hybridized carbons (Fsp3) is 0.300. The number of terminal acetylenes is 1. The van der Waals surface area contributed by atoms with E-state index in [0.29, 0.717) is 0 Å². The van der Waals surface area contributed by atoms with Gasteiger partial charge in [0.2, 0.25) is 11.6 Å². The van der Waals surface area contributed by atoms with E-state index in [1.807, 2.05) is 16.3 Å². The van der Waals surface area contributed by atoms with E-state index in [0.717, 1.165) is 29.9 Å². The van der Waals surface area contributed by atoms with E-state index in [2.05, 4.69) is 100 Å². The third-order valence-corrected chi connectivity index (χ3v) is 8.63. The maximum atomic E-state index is 5.93. The normalized spacial score (nSPS) is 19.0. The highest BCUT2D eigenvalue weighted by Gasteiger charge is 2.29. The number of nitrogens with zero attached hydrogens (tertiary/aromatic N) is 2. The van der Waals surface area contributed by atoms with Gasteiger partial charge in [-0.25, -0.2) is 0 Å². The molecule has 5 heteroatoms. The summed E-state index contributed by atoms with van der Waals surface area (Å²) in [6.45, 7) is 12.2. The Labute approximate surface area is 242 Å². The number of allylic oxidation sites excluding steroid dienone is 4. The first-order valence-electron chi connectivity index (χ1n) is 11.9. The molecule has 0 amide bonds. The molecule has 35 heavy (non-hydrogen) atoms. The molecule has 0 radical (unpaired) electrons. The third kappa shape index (κ3) is 5.26. The molecule has 0 atom stereocenters. The minimum absolute atomic E-state index is 0. The first-order chi connectivity index (χ1) is 16.3. The van der Waals surface area contributed by atoms with Crippen molar-refractivity contribution in [1.82, 2.24) is 0 Å². The average molecular weight is 621 g/mol. The van der Waals surface area contributed by atoms with Crippen molar-refractivity contribution in [2.24, 2.45) is 5.41 Å². The number of fused-ring (bicyclic) bond motifs is 2. The number of hydrogen-bond acceptors (Lipinski definition) is 3. The molecule has 2 nitrogen and oxygen atoms in total. The van der Waals surface area contributed by atoms with Crippen LogP contribution >= 0.6 is 23.1 Å². The van der Waals surface area contributed by atoms with Crippen molar-refractivity contribution in [1.29, 1.82) is 0 Å². The van der Waals surface area contributed by atoms with Gasteiger partial charge in [0, 0.05) is 30.7 Å². The zero-order valence-electron chi connectivity index (χ0n) is 21.0. The van der Waals surface area contributed by atoms with Gasteiger partial charge < -0.3 is 28.9 Å². The topological polar surface area (TPSA) is 7.12 Å². The number of rotatable bonds is 3. The summed E-state index contributed by atoms with van der Waals surface area (Å²) in [5.74, 6) is 0. The van der Waals surface area contributed by atoms with Crippen LogP contribution in [0.3, 0.4) is 0 Å². The molecule has 1 aromatic heterocycles. The zero-order valence-corrected chi connectivity index (χ0v) is 24.8. The molecule has 5 rings (SSSR count). The van der Waals surface area contributed by atoms with Gasteiger partial charge in [-0.15, -0.1) is 0 Å². The minimum atomic E-state index is 0. The summed E-state index contributed by atoms with van der Waals surface area (Å²) in [5.41, 5.74) is 7.94. The van der Waals surface area contributed by atoms with Crippen LogP contribution in [0.15, 0.2) is 69.6 Å². The van der Waals surface area contributed by atoms with Crippen molar-refractivity contribution in [2.75, 3.05) is 11.4 Å². The van der Waals surface area contributed by atoms with Crippen molar-refractivity contribution in [2.45, 2.75) is 52.4 Å². The first kappa shape index (κ1) is 26.1. The van der Waals surface area contributed by atoms with Gasteiger partial charge in [0.25, 0.3) is 5.01 Å². The van der Waals surface area contributed by atoms with E-state index in [1.54, 1.807) is 11.3 Å². The van der Waals surface area contributed by atoms with Crippen LogP contribution < -0.4 is 33.4 Å². The molecule has 0 unspecified atom stereocenters. The Morgan fingerprint density at radius 1 is 1.11 bits per heavy atom. The number of halogens is 1. The van der Waals surface area contributed by atoms with E-state index in [-0.39, 0.29) is 36.5 Å². The van der Waals surface area contributed by atoms with Crippen molar-refractivity contribution < 1.29 is 35.7 Å². The number of thiazole rings is 1. The molecular formula is C30H41IN2S2. The Kier molecular flexibility index (Phi) is 7.57. The number of thioether (sulfide) groups is 1. The molecule has 0 N–H and O–H groups in total. The lowest BCUT2D eigenvalue weighted by Crippen LogP contribution is -3.00. The molecule has 3 aromatic rings. The molecule has 1 aliphatic heterocycles. The van der Waals surface area contributed by atoms with Gasteiger partial charge in [0.15, 0.2) is 0 Å². The van der Waals surface area contributed by atoms with Gasteiger partial charge in [-0.3, -0.25) is 0 Å². The van der Waals surface area contributed by atoms with Crippen LogP contribution in [0.2, 0.25) is 0 Å². The molecular weight excluding hydrogens is 579 g/mol. The zero-order chi connectivity index (χ0) is 24.0. The lowest BCUT2D eigenvalue weighted by atomic mass is 9.75. The smallest absolute Gasteiger partial charge is 0.278 e. The first-order valence-corrected chi connectivity index (χ1v) is 13.5. The highest BCUT2D eigenvalue weighted by molar-refractivity contribution is 8.03. The monoisotopic (exact) mass is 620 g/mol. The Morgan fingerprint density at radius 3 is 2.60 bits per heavy atom. The van der Waals surface area contributed by atoms with E-state index in [9.17, 15) is 0 Å². The Bertz CT molecular complexity index is 1450. The molecule has 0 bridgehead atoms. The molecule has 2 heterocycles. The van der Waals surface area contributed by atoms with E-state index in [4.69, 9.17) is 6.42 Å². The van der Waals surface area contributed by atoms with Crippen LogP contribution in [-0.4, -0.2) is 6.54 Å². The maximum Gasteiger partial charge on any atom is 0.278 e. The summed E-state index contributed by atoms with van der Waals surface area (Å²) in [6.07, 6.45) is 15.1. The van der Waals surface area contributed by atoms with Crippen LogP contribution in [0, 0.1) is 31.7 Å². The summed E-state index contributed by atoms with van der Waals surface area (Å²) in [5, 5.41) is 2.44. The van der Waals surface area contributed by atoms with Gasteiger partial charge in [-0.2, -0.15) is 0 Å². The summed E-state index contributed by atoms with van der Waals surface area (Å²) >= 11 is 3.67. The van der Waals surface area contributed by atoms with Gasteiger partial charge in [-0.05, 0) is 92.0 Å². The predicted octanol–water partition coefficient (Wildman–Crippen LogP) is 6.08. The lowest BCUT2D eigenvalue weighted by Gasteiger charge is -2.30. The lowest BCUT2D eigenvalue weighted by molar-refractivity contribution is -0.551. The number of aromatic nitrogens is 1. The number of anilines is 1. The van der Waals surface area contributed by atoms with Crippen LogP contribution in [0.25, 0.3) is 16.3 Å². The number of hydrogen-bond donors (Lipinski definition) is 0. The summed E-state index contributed by atoms with van der Waals surface area (Å²) in [4.78, 5) is 3.79. The van der Waals surface area contributed by atoms with Crippen LogP contribution in [0.5, 0.6) is 0 Å². The summed E-state index contributed by atoms with van der Waals surface area (Å²) in [6, 6.07) is 16.1. The molecule has 2 aliphatic rings. The van der Waals surface area contributed by atoms with Crippen molar-refractivity contribution in [3.63, 3.8) is 0 Å². The molecule has 0 saturated carbocycles. The molecule has 2 aromatic carbocycles. The van der Waals surface area contributed by atoms with Crippen molar-refractivity contribution >= 4 is 45.1 Å². The number of aryl methyl sites for hydroxylation is 2. The maximum absolute atomic E-state index is 5.93. The summed E-state index contributed by atoms with van der Waals surface area (Å²) in [7, 11) is 0. The quantitative estimate of drug-likeness (QED) is 0.199. The molecule has 0 fully saturated rings. The number of benzene rings is 2.